The van der Waals surface area contributed by atoms with E-state index in [2.05, 4.69) is 191 Å². The van der Waals surface area contributed by atoms with E-state index in [0.29, 0.717) is 0 Å². The minimum Gasteiger partial charge on any atom is -0.454 e. The van der Waals surface area contributed by atoms with Gasteiger partial charge in [-0.3, -0.25) is 0 Å². The number of aromatic nitrogens is 1. The molecule has 2 heterocycles. The van der Waals surface area contributed by atoms with Crippen molar-refractivity contribution in [3.63, 3.8) is 0 Å². The number of nitrogens with zero attached hydrogens (tertiary/aromatic N) is 2. The summed E-state index contributed by atoms with van der Waals surface area (Å²) in [7, 11) is 0. The highest BCUT2D eigenvalue weighted by molar-refractivity contribution is 6.19. The van der Waals surface area contributed by atoms with E-state index in [1.165, 1.54) is 38.2 Å². The van der Waals surface area contributed by atoms with Crippen molar-refractivity contribution in [3.8, 4) is 16.8 Å². The maximum absolute atomic E-state index is 6.84. The molecule has 0 unspecified atom stereocenters. The van der Waals surface area contributed by atoms with E-state index in [1.807, 2.05) is 0 Å². The first kappa shape index (κ1) is 27.5. The van der Waals surface area contributed by atoms with Crippen LogP contribution in [0, 0.1) is 0 Å². The van der Waals surface area contributed by atoms with Crippen LogP contribution in [0.3, 0.4) is 0 Å². The lowest BCUT2D eigenvalue weighted by Crippen LogP contribution is -2.10. The van der Waals surface area contributed by atoms with Crippen LogP contribution in [0.1, 0.15) is 0 Å². The third-order valence-electron chi connectivity index (χ3n) is 9.75. The molecule has 0 bridgehead atoms. The van der Waals surface area contributed by atoms with Crippen molar-refractivity contribution in [3.05, 3.63) is 182 Å². The van der Waals surface area contributed by atoms with Gasteiger partial charge in [0.25, 0.3) is 0 Å². The fraction of sp³-hybridized carbons (Fsp3) is 0. The summed E-state index contributed by atoms with van der Waals surface area (Å²) in [5.41, 5.74) is 10.7. The van der Waals surface area contributed by atoms with E-state index >= 15 is 0 Å². The molecule has 2 aromatic heterocycles. The number of fused-ring (bicyclic) bond motifs is 7. The van der Waals surface area contributed by atoms with Crippen molar-refractivity contribution < 1.29 is 4.42 Å². The molecule has 0 saturated carbocycles. The van der Waals surface area contributed by atoms with Gasteiger partial charge in [0.2, 0.25) is 0 Å². The Kier molecular flexibility index (Phi) is 6.18. The Balaban J connectivity index is 1.28. The summed E-state index contributed by atoms with van der Waals surface area (Å²) in [5.74, 6) is 0. The Bertz CT molecular complexity index is 2810. The first-order valence-corrected chi connectivity index (χ1v) is 16.7. The average Bonchev–Trinajstić information content (AvgIpc) is 3.71. The van der Waals surface area contributed by atoms with Crippen LogP contribution >= 0.6 is 0 Å². The first-order chi connectivity index (χ1) is 24.3. The van der Waals surface area contributed by atoms with Crippen LogP contribution in [-0.4, -0.2) is 4.57 Å². The molecule has 10 aromatic rings. The smallest absolute Gasteiger partial charge is 0.159 e. The molecule has 3 nitrogen and oxygen atoms in total. The number of benzene rings is 8. The van der Waals surface area contributed by atoms with Crippen molar-refractivity contribution >= 4 is 71.6 Å². The predicted molar refractivity (Wildman–Crippen MR) is 206 cm³/mol. The number of hydrogen-bond donors (Lipinski definition) is 0. The normalized spacial score (nSPS) is 11.7. The number of para-hydroxylation sites is 3. The number of rotatable bonds is 5. The zero-order valence-corrected chi connectivity index (χ0v) is 26.6. The predicted octanol–water partition coefficient (Wildman–Crippen LogP) is 13.0. The van der Waals surface area contributed by atoms with Gasteiger partial charge >= 0.3 is 0 Å². The van der Waals surface area contributed by atoms with Gasteiger partial charge in [-0.2, -0.15) is 0 Å². The molecular formula is C46H30N2O. The minimum absolute atomic E-state index is 0.865. The molecule has 0 aliphatic carbocycles. The highest BCUT2D eigenvalue weighted by Gasteiger charge is 2.24. The second-order valence-electron chi connectivity index (χ2n) is 12.6. The second-order valence-corrected chi connectivity index (χ2v) is 12.6. The Hall–Kier alpha value is -6.58. The summed E-state index contributed by atoms with van der Waals surface area (Å²) < 4.78 is 9.21. The quantitative estimate of drug-likeness (QED) is 0.190. The maximum Gasteiger partial charge on any atom is 0.159 e. The van der Waals surface area contributed by atoms with Crippen LogP contribution in [-0.2, 0) is 0 Å². The van der Waals surface area contributed by atoms with Gasteiger partial charge in [-0.15, -0.1) is 0 Å². The second kappa shape index (κ2) is 11.0. The summed E-state index contributed by atoms with van der Waals surface area (Å²) >= 11 is 0. The lowest BCUT2D eigenvalue weighted by atomic mass is 10.0. The van der Waals surface area contributed by atoms with E-state index in [0.717, 1.165) is 50.2 Å². The highest BCUT2D eigenvalue weighted by atomic mass is 16.3. The summed E-state index contributed by atoms with van der Waals surface area (Å²) in [6.45, 7) is 0. The molecule has 0 aliphatic heterocycles. The largest absolute Gasteiger partial charge is 0.454 e. The fourth-order valence-corrected chi connectivity index (χ4v) is 7.53. The highest BCUT2D eigenvalue weighted by Crippen LogP contribution is 2.47. The number of hydrogen-bond acceptors (Lipinski definition) is 2. The molecule has 0 radical (unpaired) electrons. The first-order valence-electron chi connectivity index (χ1n) is 16.7. The van der Waals surface area contributed by atoms with Gasteiger partial charge in [-0.25, -0.2) is 0 Å². The van der Waals surface area contributed by atoms with Crippen molar-refractivity contribution in [1.29, 1.82) is 0 Å². The monoisotopic (exact) mass is 626 g/mol. The maximum atomic E-state index is 6.84. The Labute approximate surface area is 283 Å². The van der Waals surface area contributed by atoms with Crippen LogP contribution < -0.4 is 4.90 Å². The van der Waals surface area contributed by atoms with Crippen LogP contribution in [0.25, 0.3) is 71.3 Å². The molecular weight excluding hydrogens is 597 g/mol. The summed E-state index contributed by atoms with van der Waals surface area (Å²) in [6.07, 6.45) is 0. The third kappa shape index (κ3) is 4.37. The Morgan fingerprint density at radius 2 is 1.04 bits per heavy atom. The molecule has 0 atom stereocenters. The summed E-state index contributed by atoms with van der Waals surface area (Å²) in [6, 6.07) is 64.9. The van der Waals surface area contributed by atoms with Crippen LogP contribution in [0.4, 0.5) is 17.1 Å². The molecule has 0 fully saturated rings. The van der Waals surface area contributed by atoms with Crippen molar-refractivity contribution in [2.24, 2.45) is 0 Å². The van der Waals surface area contributed by atoms with E-state index in [-0.39, 0.29) is 0 Å². The van der Waals surface area contributed by atoms with E-state index < -0.39 is 0 Å². The lowest BCUT2D eigenvalue weighted by Gasteiger charge is -2.27. The van der Waals surface area contributed by atoms with Gasteiger partial charge in [-0.05, 0) is 82.6 Å². The summed E-state index contributed by atoms with van der Waals surface area (Å²) in [5, 5.41) is 6.98. The fourth-order valence-electron chi connectivity index (χ4n) is 7.53. The molecule has 0 spiro atoms. The standard InChI is InChI=1S/C46H30N2O/c1-3-13-31(14-4-1)32-25-27-36(28-26-32)48(43-24-11-20-37-39-29-33-15-7-8-16-34(33)30-44(39)49-46(37)43)42-23-12-22-41-45(42)38-19-9-10-21-40(38)47(41)35-17-5-2-6-18-35/h1-30H. The third-order valence-corrected chi connectivity index (χ3v) is 9.75. The Morgan fingerprint density at radius 3 is 1.86 bits per heavy atom. The van der Waals surface area contributed by atoms with Gasteiger partial charge < -0.3 is 13.9 Å². The molecule has 0 saturated heterocycles. The zero-order valence-electron chi connectivity index (χ0n) is 26.6. The molecule has 230 valence electrons. The van der Waals surface area contributed by atoms with Crippen molar-refractivity contribution in [2.45, 2.75) is 0 Å². The van der Waals surface area contributed by atoms with Crippen LogP contribution in [0.2, 0.25) is 0 Å². The van der Waals surface area contributed by atoms with Gasteiger partial charge in [-0.1, -0.05) is 121 Å². The zero-order chi connectivity index (χ0) is 32.3. The topological polar surface area (TPSA) is 21.3 Å². The van der Waals surface area contributed by atoms with E-state index in [9.17, 15) is 0 Å². The molecule has 0 aliphatic rings. The van der Waals surface area contributed by atoms with Gasteiger partial charge in [0.15, 0.2) is 5.58 Å². The molecule has 0 N–H and O–H groups in total. The van der Waals surface area contributed by atoms with Gasteiger partial charge in [0.05, 0.1) is 22.4 Å². The van der Waals surface area contributed by atoms with Crippen molar-refractivity contribution in [1.82, 2.24) is 4.57 Å². The van der Waals surface area contributed by atoms with Crippen molar-refractivity contribution in [2.75, 3.05) is 4.90 Å². The van der Waals surface area contributed by atoms with Gasteiger partial charge in [0.1, 0.15) is 5.58 Å². The average molecular weight is 627 g/mol. The lowest BCUT2D eigenvalue weighted by molar-refractivity contribution is 0.669. The molecule has 8 aromatic carbocycles. The van der Waals surface area contributed by atoms with Crippen LogP contribution in [0.5, 0.6) is 0 Å². The SMILES string of the molecule is c1ccc(-c2ccc(N(c3cccc4c3oc3cc5ccccc5cc34)c3cccc4c3c3ccccc3n4-c3ccccc3)cc2)cc1. The molecule has 49 heavy (non-hydrogen) atoms. The Morgan fingerprint density at radius 1 is 0.429 bits per heavy atom. The van der Waals surface area contributed by atoms with Crippen LogP contribution in [0.15, 0.2) is 186 Å². The molecule has 0 amide bonds. The number of anilines is 3. The minimum atomic E-state index is 0.865. The number of furan rings is 1. The molecule has 3 heteroatoms. The van der Waals surface area contributed by atoms with E-state index in [4.69, 9.17) is 4.42 Å². The molecule has 10 rings (SSSR count). The summed E-state index contributed by atoms with van der Waals surface area (Å²) in [4.78, 5) is 2.38. The van der Waals surface area contributed by atoms with Gasteiger partial charge in [0, 0.05) is 32.9 Å². The van der Waals surface area contributed by atoms with E-state index in [1.54, 1.807) is 0 Å².